The van der Waals surface area contributed by atoms with Gasteiger partial charge in [-0.1, -0.05) is 133 Å². The van der Waals surface area contributed by atoms with Crippen LogP contribution in [-0.4, -0.2) is 45.1 Å². The van der Waals surface area contributed by atoms with Crippen LogP contribution >= 0.6 is 0 Å². The highest BCUT2D eigenvalue weighted by molar-refractivity contribution is 7.92. The number of nitrogens with zero attached hydrogens (tertiary/aromatic N) is 4. The number of azo groups is 1. The molecule has 0 radical (unpaired) electrons. The van der Waals surface area contributed by atoms with Gasteiger partial charge in [0.1, 0.15) is 16.4 Å². The maximum atomic E-state index is 13.9. The van der Waals surface area contributed by atoms with Gasteiger partial charge in [-0.15, -0.1) is 5.10 Å². The fourth-order valence-corrected chi connectivity index (χ4v) is 8.56. The minimum absolute atomic E-state index is 0.0416. The molecule has 2 amide bonds. The molecule has 1 aliphatic rings. The predicted molar refractivity (Wildman–Crippen MR) is 242 cm³/mol. The fraction of sp³-hybridized carbons (Fsp3) is 0.413. The quantitative estimate of drug-likeness (QED) is 0.0332. The van der Waals surface area contributed by atoms with E-state index in [1.807, 2.05) is 6.92 Å². The van der Waals surface area contributed by atoms with Gasteiger partial charge < -0.3 is 10.1 Å². The number of hydrogen-bond acceptors (Lipinski definition) is 10. The Morgan fingerprint density at radius 3 is 1.92 bits per heavy atom. The molecule has 1 aliphatic heterocycles. The average molecular weight is 887 g/mol. The molecule has 5 rings (SSSR count). The minimum atomic E-state index is -4.84. The highest BCUT2D eigenvalue weighted by Crippen LogP contribution is 2.34. The Bertz CT molecular complexity index is 2360. The number of amidine groups is 1. The van der Waals surface area contributed by atoms with Crippen LogP contribution in [0.4, 0.5) is 17.1 Å². The van der Waals surface area contributed by atoms with E-state index in [9.17, 15) is 31.0 Å². The third-order valence-corrected chi connectivity index (χ3v) is 12.6. The molecular formula is C46H58N6O8S2. The van der Waals surface area contributed by atoms with E-state index in [1.165, 1.54) is 119 Å². The van der Waals surface area contributed by atoms with E-state index < -0.39 is 37.0 Å². The largest absolute Gasteiger partial charge is 0.456 e. The third-order valence-electron chi connectivity index (χ3n) is 10.3. The van der Waals surface area contributed by atoms with Gasteiger partial charge in [0, 0.05) is 12.1 Å². The van der Waals surface area contributed by atoms with Gasteiger partial charge in [0.25, 0.3) is 26.0 Å². The second-order valence-corrected chi connectivity index (χ2v) is 18.6. The zero-order valence-corrected chi connectivity index (χ0v) is 37.2. The number of sulfonamides is 1. The number of para-hydroxylation sites is 1. The van der Waals surface area contributed by atoms with Gasteiger partial charge in [0.15, 0.2) is 5.84 Å². The van der Waals surface area contributed by atoms with Crippen LogP contribution in [0.25, 0.3) is 0 Å². The van der Waals surface area contributed by atoms with Crippen LogP contribution in [0, 0.1) is 6.92 Å². The number of hydrogen-bond donors (Lipinski definition) is 3. The zero-order valence-electron chi connectivity index (χ0n) is 35.5. The molecule has 0 fully saturated rings. The molecule has 1 heterocycles. The van der Waals surface area contributed by atoms with Gasteiger partial charge in [-0.25, -0.2) is 8.42 Å². The predicted octanol–water partition coefficient (Wildman–Crippen LogP) is 11.0. The molecule has 16 heteroatoms. The molecule has 1 atom stereocenters. The van der Waals surface area contributed by atoms with Gasteiger partial charge >= 0.3 is 0 Å². The Hall–Kier alpha value is -5.45. The van der Waals surface area contributed by atoms with E-state index in [2.05, 4.69) is 32.3 Å². The van der Waals surface area contributed by atoms with E-state index in [0.717, 1.165) is 35.9 Å². The van der Waals surface area contributed by atoms with Crippen molar-refractivity contribution in [1.82, 2.24) is 5.32 Å². The molecule has 0 saturated heterocycles. The molecule has 62 heavy (non-hydrogen) atoms. The summed E-state index contributed by atoms with van der Waals surface area (Å²) in [6.07, 6.45) is 18.1. The Morgan fingerprint density at radius 2 is 1.34 bits per heavy atom. The van der Waals surface area contributed by atoms with Gasteiger partial charge in [-0.05, 0) is 80.1 Å². The molecule has 4 aromatic carbocycles. The van der Waals surface area contributed by atoms with Crippen LogP contribution in [0.5, 0.6) is 11.5 Å². The van der Waals surface area contributed by atoms with Crippen molar-refractivity contribution in [3.63, 3.8) is 0 Å². The molecule has 4 aromatic rings. The smallest absolute Gasteiger partial charge is 0.298 e. The number of amides is 2. The number of nitrogens with one attached hydrogen (secondary N) is 2. The van der Waals surface area contributed by atoms with Crippen molar-refractivity contribution in [3.8, 4) is 11.5 Å². The molecule has 3 N–H and O–H groups in total. The standard InChI is InChI=1S/C46H58N6O8S2/c1-3-4-5-6-7-8-9-10-11-12-13-14-15-16-20-23-43(53)47-45-44(49-48-36-26-28-37(29-27-36)51-61(55,56)40-31-24-35(2)25-32-40)46(54)52(50-45)38-30-33-41(42(34-38)62(57,58)59)60-39-21-18-17-19-22-39/h17-19,21-22,24-34,44,51H,3-16,20,23H2,1-2H3,(H,47,50,53)(H,57,58,59). The Balaban J connectivity index is 1.22. The summed E-state index contributed by atoms with van der Waals surface area (Å²) in [5.74, 6) is -1.11. The van der Waals surface area contributed by atoms with Crippen LogP contribution < -0.4 is 19.8 Å². The SMILES string of the molecule is CCCCCCCCCCCCCCCCCC(=O)NC1=NN(c2ccc(Oc3ccccc3)c(S(=O)(=O)O)c2)C(=O)C1N=Nc1ccc(NS(=O)(=O)c2ccc(C)cc2)cc1. The fourth-order valence-electron chi connectivity index (χ4n) is 6.87. The van der Waals surface area contributed by atoms with Crippen molar-refractivity contribution in [3.05, 3.63) is 103 Å². The van der Waals surface area contributed by atoms with Gasteiger partial charge in [-0.3, -0.25) is 18.9 Å². The number of carbonyl (C=O) groups is 2. The molecule has 0 bridgehead atoms. The first-order valence-corrected chi connectivity index (χ1v) is 24.4. The van der Waals surface area contributed by atoms with Crippen LogP contribution in [0.1, 0.15) is 115 Å². The van der Waals surface area contributed by atoms with Gasteiger partial charge in [0.05, 0.1) is 16.3 Å². The number of benzene rings is 4. The lowest BCUT2D eigenvalue weighted by Crippen LogP contribution is -2.39. The molecule has 0 aromatic heterocycles. The van der Waals surface area contributed by atoms with E-state index in [-0.39, 0.29) is 45.9 Å². The molecule has 14 nitrogen and oxygen atoms in total. The third kappa shape index (κ3) is 14.9. The van der Waals surface area contributed by atoms with Crippen molar-refractivity contribution in [2.45, 2.75) is 132 Å². The number of hydrazone groups is 1. The molecule has 0 saturated carbocycles. The van der Waals surface area contributed by atoms with E-state index in [4.69, 9.17) is 4.74 Å². The Kier molecular flexibility index (Phi) is 18.2. The summed E-state index contributed by atoms with van der Waals surface area (Å²) in [6.45, 7) is 4.10. The number of carbonyl (C=O) groups excluding carboxylic acids is 2. The molecule has 1 unspecified atom stereocenters. The average Bonchev–Trinajstić information content (AvgIpc) is 3.55. The van der Waals surface area contributed by atoms with Crippen LogP contribution in [-0.2, 0) is 29.7 Å². The van der Waals surface area contributed by atoms with Crippen molar-refractivity contribution in [2.24, 2.45) is 15.3 Å². The van der Waals surface area contributed by atoms with Crippen LogP contribution in [0.3, 0.4) is 0 Å². The van der Waals surface area contributed by atoms with Crippen LogP contribution in [0.2, 0.25) is 0 Å². The van der Waals surface area contributed by atoms with Crippen molar-refractivity contribution < 1.29 is 35.7 Å². The Morgan fingerprint density at radius 1 is 0.758 bits per heavy atom. The number of ether oxygens (including phenoxy) is 1. The topological polar surface area (TPSA) is 196 Å². The highest BCUT2D eigenvalue weighted by Gasteiger charge is 2.39. The number of unbranched alkanes of at least 4 members (excludes halogenated alkanes) is 14. The molecule has 332 valence electrons. The summed E-state index contributed by atoms with van der Waals surface area (Å²) >= 11 is 0. The number of anilines is 2. The maximum Gasteiger partial charge on any atom is 0.298 e. The minimum Gasteiger partial charge on any atom is -0.456 e. The first kappa shape index (κ1) is 47.6. The van der Waals surface area contributed by atoms with E-state index in [1.54, 1.807) is 42.5 Å². The van der Waals surface area contributed by atoms with Crippen molar-refractivity contribution >= 4 is 54.9 Å². The monoisotopic (exact) mass is 886 g/mol. The molecule has 0 aliphatic carbocycles. The summed E-state index contributed by atoms with van der Waals surface area (Å²) in [5, 5.41) is 16.4. The first-order valence-electron chi connectivity index (χ1n) is 21.5. The lowest BCUT2D eigenvalue weighted by Gasteiger charge is -2.15. The second kappa shape index (κ2) is 23.7. The maximum absolute atomic E-state index is 13.9. The summed E-state index contributed by atoms with van der Waals surface area (Å²) in [7, 11) is -8.69. The van der Waals surface area contributed by atoms with Crippen molar-refractivity contribution in [1.29, 1.82) is 0 Å². The molecular weight excluding hydrogens is 829 g/mol. The second-order valence-electron chi connectivity index (χ2n) is 15.5. The van der Waals surface area contributed by atoms with Gasteiger partial charge in [-0.2, -0.15) is 23.7 Å². The normalized spacial score (nSPS) is 14.3. The summed E-state index contributed by atoms with van der Waals surface area (Å²) in [5.41, 5.74) is 1.43. The van der Waals surface area contributed by atoms with E-state index in [0.29, 0.717) is 12.2 Å². The lowest BCUT2D eigenvalue weighted by molar-refractivity contribution is -0.119. The van der Waals surface area contributed by atoms with Crippen molar-refractivity contribution in [2.75, 3.05) is 9.73 Å². The molecule has 0 spiro atoms. The summed E-state index contributed by atoms with van der Waals surface area (Å²) < 4.78 is 69.1. The first-order chi connectivity index (χ1) is 29.8. The highest BCUT2D eigenvalue weighted by atomic mass is 32.2. The number of aryl methyl sites for hydroxylation is 1. The number of rotatable bonds is 25. The van der Waals surface area contributed by atoms with E-state index >= 15 is 0 Å². The Labute approximate surface area is 366 Å². The van der Waals surface area contributed by atoms with Gasteiger partial charge in [0.2, 0.25) is 11.9 Å². The zero-order chi connectivity index (χ0) is 44.4. The van der Waals surface area contributed by atoms with Crippen LogP contribution in [0.15, 0.2) is 122 Å². The lowest BCUT2D eigenvalue weighted by atomic mass is 10.0. The summed E-state index contributed by atoms with van der Waals surface area (Å²) in [6, 6.07) is 23.1. The summed E-state index contributed by atoms with van der Waals surface area (Å²) in [4.78, 5) is 26.6.